The van der Waals surface area contributed by atoms with E-state index in [1.165, 1.54) is 65.5 Å². The second-order valence-electron chi connectivity index (χ2n) is 4.03. The standard InChI is InChI=1S/C10H22.C2H7NO/c1-3-5-7-9-10-8-6-4-2;1-3(2)4/h3-10H2,1-2H3;3H,1-2H3. The van der Waals surface area contributed by atoms with Crippen LogP contribution in [0, 0.1) is 5.21 Å². The third-order valence-corrected chi connectivity index (χ3v) is 1.96. The number of unbranched alkanes of at least 4 members (excludes halogenated alkanes) is 7. The monoisotopic (exact) mass is 203 g/mol. The molecule has 0 amide bonds. The molecule has 0 fully saturated rings. The molecular weight excluding hydrogens is 174 g/mol. The minimum Gasteiger partial charge on any atom is -0.635 e. The average molecular weight is 203 g/mol. The summed E-state index contributed by atoms with van der Waals surface area (Å²) in [6.07, 6.45) is 11.5. The first-order valence-corrected chi connectivity index (χ1v) is 6.12. The van der Waals surface area contributed by atoms with E-state index >= 15 is 0 Å². The molecule has 0 aromatic carbocycles. The molecule has 0 atom stereocenters. The molecule has 0 unspecified atom stereocenters. The van der Waals surface area contributed by atoms with E-state index < -0.39 is 0 Å². The average Bonchev–Trinajstić information content (AvgIpc) is 2.10. The van der Waals surface area contributed by atoms with Crippen LogP contribution in [0.1, 0.15) is 65.2 Å². The van der Waals surface area contributed by atoms with Crippen LogP contribution in [0.2, 0.25) is 0 Å². The Hall–Kier alpha value is -0.0800. The Morgan fingerprint density at radius 1 is 0.714 bits per heavy atom. The van der Waals surface area contributed by atoms with Gasteiger partial charge in [0.1, 0.15) is 0 Å². The highest BCUT2D eigenvalue weighted by Crippen LogP contribution is 2.07. The van der Waals surface area contributed by atoms with Crippen molar-refractivity contribution in [2.24, 2.45) is 0 Å². The molecule has 0 spiro atoms. The lowest BCUT2D eigenvalue weighted by atomic mass is 10.1. The van der Waals surface area contributed by atoms with Gasteiger partial charge >= 0.3 is 0 Å². The normalized spacial score (nSPS) is 9.86. The van der Waals surface area contributed by atoms with Crippen LogP contribution in [0.4, 0.5) is 0 Å². The van der Waals surface area contributed by atoms with Crippen LogP contribution >= 0.6 is 0 Å². The highest BCUT2D eigenvalue weighted by Gasteiger charge is 1.87. The molecule has 88 valence electrons. The van der Waals surface area contributed by atoms with Gasteiger partial charge in [-0.25, -0.2) is 0 Å². The van der Waals surface area contributed by atoms with Crippen molar-refractivity contribution in [2.45, 2.75) is 65.2 Å². The van der Waals surface area contributed by atoms with Crippen LogP contribution in [0.3, 0.4) is 0 Å². The summed E-state index contributed by atoms with van der Waals surface area (Å²) < 4.78 is 0. The molecule has 0 heterocycles. The molecule has 0 aliphatic rings. The van der Waals surface area contributed by atoms with Gasteiger partial charge in [0.05, 0.1) is 14.1 Å². The number of hydrogen-bond acceptors (Lipinski definition) is 1. The molecule has 0 aliphatic heterocycles. The fourth-order valence-corrected chi connectivity index (χ4v) is 1.21. The zero-order valence-corrected chi connectivity index (χ0v) is 10.6. The second kappa shape index (κ2) is 15.4. The summed E-state index contributed by atoms with van der Waals surface area (Å²) in [4.78, 5) is 0. The Morgan fingerprint density at radius 2 is 0.929 bits per heavy atom. The lowest BCUT2D eigenvalue weighted by molar-refractivity contribution is -0.802. The van der Waals surface area contributed by atoms with Crippen molar-refractivity contribution in [2.75, 3.05) is 14.1 Å². The summed E-state index contributed by atoms with van der Waals surface area (Å²) in [5, 5.41) is 9.61. The predicted molar refractivity (Wildman–Crippen MR) is 64.5 cm³/mol. The van der Waals surface area contributed by atoms with Gasteiger partial charge in [-0.05, 0) is 0 Å². The summed E-state index contributed by atoms with van der Waals surface area (Å²) in [7, 11) is 3.06. The Bertz CT molecular complexity index is 73.6. The van der Waals surface area contributed by atoms with Crippen molar-refractivity contribution in [3.05, 3.63) is 5.21 Å². The summed E-state index contributed by atoms with van der Waals surface area (Å²) >= 11 is 0. The van der Waals surface area contributed by atoms with E-state index in [4.69, 9.17) is 0 Å². The van der Waals surface area contributed by atoms with Crippen molar-refractivity contribution < 1.29 is 5.06 Å². The third kappa shape index (κ3) is 29.7. The van der Waals surface area contributed by atoms with E-state index in [9.17, 15) is 5.21 Å². The van der Waals surface area contributed by atoms with Crippen molar-refractivity contribution in [1.29, 1.82) is 0 Å². The molecule has 2 nitrogen and oxygen atoms in total. The van der Waals surface area contributed by atoms with Crippen LogP contribution in [0.5, 0.6) is 0 Å². The molecule has 0 saturated carbocycles. The Balaban J connectivity index is 0. The number of hydrogen-bond donors (Lipinski definition) is 1. The van der Waals surface area contributed by atoms with Gasteiger partial charge in [0.15, 0.2) is 0 Å². The minimum atomic E-state index is 0.167. The highest BCUT2D eigenvalue weighted by molar-refractivity contribution is 4.43. The number of hydroxylamine groups is 2. The van der Waals surface area contributed by atoms with Crippen LogP contribution in [-0.4, -0.2) is 14.1 Å². The topological polar surface area (TPSA) is 27.5 Å². The van der Waals surface area contributed by atoms with E-state index in [0.29, 0.717) is 0 Å². The minimum absolute atomic E-state index is 0.167. The summed E-state index contributed by atoms with van der Waals surface area (Å²) in [5.74, 6) is 0. The van der Waals surface area contributed by atoms with Gasteiger partial charge < -0.3 is 10.3 Å². The maximum absolute atomic E-state index is 9.44. The van der Waals surface area contributed by atoms with E-state index in [-0.39, 0.29) is 5.06 Å². The van der Waals surface area contributed by atoms with E-state index in [1.54, 1.807) is 0 Å². The fourth-order valence-electron chi connectivity index (χ4n) is 1.21. The zero-order chi connectivity index (χ0) is 11.2. The molecule has 0 radical (unpaired) electrons. The third-order valence-electron chi connectivity index (χ3n) is 1.96. The fraction of sp³-hybridized carbons (Fsp3) is 1.00. The Morgan fingerprint density at radius 3 is 1.14 bits per heavy atom. The lowest BCUT2D eigenvalue weighted by Gasteiger charge is -2.04. The maximum atomic E-state index is 9.44. The summed E-state index contributed by atoms with van der Waals surface area (Å²) in [6, 6.07) is 0. The second-order valence-corrected chi connectivity index (χ2v) is 4.03. The van der Waals surface area contributed by atoms with E-state index in [1.807, 2.05) is 0 Å². The van der Waals surface area contributed by atoms with E-state index in [0.717, 1.165) is 0 Å². The molecule has 2 heteroatoms. The van der Waals surface area contributed by atoms with Gasteiger partial charge in [0, 0.05) is 0 Å². The SMILES string of the molecule is CCCCCCCCCC.C[NH+](C)[O-]. The molecular formula is C12H29NO. The number of rotatable bonds is 7. The van der Waals surface area contributed by atoms with Crippen LogP contribution < -0.4 is 5.06 Å². The van der Waals surface area contributed by atoms with Gasteiger partial charge in [-0.3, -0.25) is 0 Å². The van der Waals surface area contributed by atoms with E-state index in [2.05, 4.69) is 13.8 Å². The molecule has 1 N–H and O–H groups in total. The number of nitrogens with one attached hydrogen (secondary N) is 1. The molecule has 0 saturated heterocycles. The quantitative estimate of drug-likeness (QED) is 0.500. The molecule has 0 aromatic heterocycles. The van der Waals surface area contributed by atoms with Crippen molar-refractivity contribution >= 4 is 0 Å². The van der Waals surface area contributed by atoms with Crippen LogP contribution in [0.25, 0.3) is 0 Å². The smallest absolute Gasteiger partial charge is 0.0660 e. The van der Waals surface area contributed by atoms with Crippen molar-refractivity contribution in [3.63, 3.8) is 0 Å². The van der Waals surface area contributed by atoms with Gasteiger partial charge in [-0.1, -0.05) is 65.2 Å². The molecule has 0 aromatic rings. The summed E-state index contributed by atoms with van der Waals surface area (Å²) in [6.45, 7) is 4.54. The zero-order valence-electron chi connectivity index (χ0n) is 10.6. The van der Waals surface area contributed by atoms with Gasteiger partial charge in [-0.15, -0.1) is 0 Å². The van der Waals surface area contributed by atoms with Crippen LogP contribution in [-0.2, 0) is 0 Å². The largest absolute Gasteiger partial charge is 0.635 e. The Labute approximate surface area is 90.3 Å². The van der Waals surface area contributed by atoms with Crippen LogP contribution in [0.15, 0.2) is 0 Å². The Kier molecular flexibility index (Phi) is 18.0. The number of quaternary nitrogens is 1. The van der Waals surface area contributed by atoms with Gasteiger partial charge in [-0.2, -0.15) is 0 Å². The molecule has 0 bridgehead atoms. The van der Waals surface area contributed by atoms with Gasteiger partial charge in [0.2, 0.25) is 0 Å². The highest BCUT2D eigenvalue weighted by atomic mass is 16.5. The van der Waals surface area contributed by atoms with Crippen molar-refractivity contribution in [1.82, 2.24) is 0 Å². The predicted octanol–water partition coefficient (Wildman–Crippen LogP) is 2.78. The first kappa shape index (κ1) is 16.4. The lowest BCUT2D eigenvalue weighted by Crippen LogP contribution is -3.00. The molecule has 0 rings (SSSR count). The maximum Gasteiger partial charge on any atom is 0.0660 e. The first-order valence-electron chi connectivity index (χ1n) is 6.12. The molecule has 0 aliphatic carbocycles. The summed E-state index contributed by atoms with van der Waals surface area (Å²) in [5.41, 5.74) is 0. The molecule has 14 heavy (non-hydrogen) atoms. The van der Waals surface area contributed by atoms with Crippen molar-refractivity contribution in [3.8, 4) is 0 Å². The first-order chi connectivity index (χ1) is 6.65. The van der Waals surface area contributed by atoms with Gasteiger partial charge in [0.25, 0.3) is 0 Å².